The molecular weight excluding hydrogens is 242 g/mol. The van der Waals surface area contributed by atoms with E-state index in [0.29, 0.717) is 19.4 Å². The van der Waals surface area contributed by atoms with Gasteiger partial charge in [-0.3, -0.25) is 9.59 Å². The van der Waals surface area contributed by atoms with Gasteiger partial charge in [0.05, 0.1) is 0 Å². The fraction of sp³-hybridized carbons (Fsp3) is 0.857. The highest BCUT2D eigenvalue weighted by Gasteiger charge is 2.36. The number of nitrogens with zero attached hydrogens (tertiary/aromatic N) is 1. The Kier molecular flexibility index (Phi) is 4.45. The fourth-order valence-electron chi connectivity index (χ4n) is 3.36. The molecule has 2 amide bonds. The minimum atomic E-state index is -0.423. The number of rotatable bonds is 3. The first-order chi connectivity index (χ1) is 9.02. The predicted octanol–water partition coefficient (Wildman–Crippen LogP) is 0.904. The molecule has 1 unspecified atom stereocenters. The first-order valence-electron chi connectivity index (χ1n) is 7.39. The Bertz CT molecular complexity index is 351. The van der Waals surface area contributed by atoms with Gasteiger partial charge < -0.3 is 16.4 Å². The molecule has 0 bridgehead atoms. The molecule has 4 N–H and O–H groups in total. The van der Waals surface area contributed by atoms with Crippen molar-refractivity contribution in [3.05, 3.63) is 0 Å². The molecule has 2 fully saturated rings. The zero-order valence-corrected chi connectivity index (χ0v) is 11.6. The van der Waals surface area contributed by atoms with E-state index in [9.17, 15) is 9.59 Å². The highest BCUT2D eigenvalue weighted by molar-refractivity contribution is 5.87. The van der Waals surface area contributed by atoms with Gasteiger partial charge in [-0.15, -0.1) is 0 Å². The van der Waals surface area contributed by atoms with E-state index >= 15 is 0 Å². The normalized spacial score (nSPS) is 27.0. The number of hydrogen-bond donors (Lipinski definition) is 2. The second-order valence-corrected chi connectivity index (χ2v) is 6.10. The average Bonchev–Trinajstić information content (AvgIpc) is 2.39. The predicted molar refractivity (Wildman–Crippen MR) is 73.2 cm³/mol. The number of piperidine rings is 1. The van der Waals surface area contributed by atoms with Crippen LogP contribution in [0.25, 0.3) is 0 Å². The van der Waals surface area contributed by atoms with Gasteiger partial charge in [0.2, 0.25) is 11.8 Å². The lowest BCUT2D eigenvalue weighted by Gasteiger charge is -2.38. The lowest BCUT2D eigenvalue weighted by molar-refractivity contribution is -0.142. The monoisotopic (exact) mass is 267 g/mol. The number of carbonyl (C=O) groups is 2. The van der Waals surface area contributed by atoms with Crippen LogP contribution < -0.4 is 11.5 Å². The number of hydrogen-bond acceptors (Lipinski definition) is 3. The second kappa shape index (κ2) is 5.90. The lowest BCUT2D eigenvalue weighted by Crippen LogP contribution is -2.54. The molecule has 19 heavy (non-hydrogen) atoms. The largest absolute Gasteiger partial charge is 0.368 e. The fourth-order valence-corrected chi connectivity index (χ4v) is 3.36. The van der Waals surface area contributed by atoms with Crippen molar-refractivity contribution in [2.45, 2.75) is 69.4 Å². The van der Waals surface area contributed by atoms with Crippen LogP contribution in [-0.4, -0.2) is 34.8 Å². The van der Waals surface area contributed by atoms with E-state index in [1.54, 1.807) is 4.90 Å². The minimum Gasteiger partial charge on any atom is -0.368 e. The van der Waals surface area contributed by atoms with Gasteiger partial charge in [-0.05, 0) is 32.1 Å². The van der Waals surface area contributed by atoms with E-state index in [-0.39, 0.29) is 17.4 Å². The molecule has 5 nitrogen and oxygen atoms in total. The van der Waals surface area contributed by atoms with Crippen LogP contribution in [0, 0.1) is 0 Å². The Morgan fingerprint density at radius 1 is 1.11 bits per heavy atom. The molecule has 1 atom stereocenters. The Labute approximate surface area is 114 Å². The number of nitrogens with two attached hydrogens (primary N) is 2. The van der Waals surface area contributed by atoms with E-state index in [1.165, 1.54) is 6.42 Å². The summed E-state index contributed by atoms with van der Waals surface area (Å²) in [5, 5.41) is 0. The molecule has 1 aliphatic carbocycles. The summed E-state index contributed by atoms with van der Waals surface area (Å²) < 4.78 is 0. The molecule has 1 saturated carbocycles. The maximum absolute atomic E-state index is 12.4. The summed E-state index contributed by atoms with van der Waals surface area (Å²) in [5.41, 5.74) is 11.4. The van der Waals surface area contributed by atoms with Gasteiger partial charge in [-0.2, -0.15) is 0 Å². The standard InChI is InChI=1S/C14H25N3O2/c15-13(19)11-6-2-5-9-17(11)12(18)10-14(16)7-3-1-4-8-14/h11H,1-10,16H2,(H2,15,19). The molecule has 1 aliphatic heterocycles. The molecule has 108 valence electrons. The summed E-state index contributed by atoms with van der Waals surface area (Å²) in [6, 6.07) is -0.423. The molecule has 0 aromatic carbocycles. The molecule has 1 saturated heterocycles. The van der Waals surface area contributed by atoms with Crippen molar-refractivity contribution in [1.29, 1.82) is 0 Å². The summed E-state index contributed by atoms with van der Waals surface area (Å²) >= 11 is 0. The van der Waals surface area contributed by atoms with E-state index in [1.807, 2.05) is 0 Å². The van der Waals surface area contributed by atoms with E-state index in [4.69, 9.17) is 11.5 Å². The highest BCUT2D eigenvalue weighted by Crippen LogP contribution is 2.30. The number of amides is 2. The molecule has 5 heteroatoms. The van der Waals surface area contributed by atoms with Gasteiger partial charge in [0, 0.05) is 18.5 Å². The Balaban J connectivity index is 1.99. The molecule has 1 heterocycles. The Hall–Kier alpha value is -1.10. The van der Waals surface area contributed by atoms with Gasteiger partial charge in [-0.1, -0.05) is 19.3 Å². The van der Waals surface area contributed by atoms with Gasteiger partial charge in [0.25, 0.3) is 0 Å². The molecular formula is C14H25N3O2. The zero-order chi connectivity index (χ0) is 13.9. The van der Waals surface area contributed by atoms with Crippen LogP contribution in [0.4, 0.5) is 0 Å². The van der Waals surface area contributed by atoms with Crippen LogP contribution in [0.15, 0.2) is 0 Å². The van der Waals surface area contributed by atoms with Crippen molar-refractivity contribution in [3.8, 4) is 0 Å². The third-order valence-corrected chi connectivity index (χ3v) is 4.50. The van der Waals surface area contributed by atoms with Crippen molar-refractivity contribution < 1.29 is 9.59 Å². The van der Waals surface area contributed by atoms with Crippen molar-refractivity contribution in [2.75, 3.05) is 6.54 Å². The number of primary amides is 1. The van der Waals surface area contributed by atoms with Crippen LogP contribution >= 0.6 is 0 Å². The minimum absolute atomic E-state index is 0.00731. The summed E-state index contributed by atoms with van der Waals surface area (Å²) in [6.07, 6.45) is 8.20. The summed E-state index contributed by atoms with van der Waals surface area (Å²) in [7, 11) is 0. The zero-order valence-electron chi connectivity index (χ0n) is 11.6. The van der Waals surface area contributed by atoms with E-state index < -0.39 is 6.04 Å². The van der Waals surface area contributed by atoms with Crippen molar-refractivity contribution in [3.63, 3.8) is 0 Å². The smallest absolute Gasteiger partial charge is 0.240 e. The molecule has 0 aromatic heterocycles. The topological polar surface area (TPSA) is 89.4 Å². The molecule has 0 aromatic rings. The molecule has 0 radical (unpaired) electrons. The first kappa shape index (κ1) is 14.3. The SMILES string of the molecule is NC(=O)C1CCCCN1C(=O)CC1(N)CCCCC1. The van der Waals surface area contributed by atoms with Crippen LogP contribution in [0.2, 0.25) is 0 Å². The van der Waals surface area contributed by atoms with Crippen molar-refractivity contribution in [2.24, 2.45) is 11.5 Å². The van der Waals surface area contributed by atoms with Crippen molar-refractivity contribution >= 4 is 11.8 Å². The highest BCUT2D eigenvalue weighted by atomic mass is 16.2. The maximum atomic E-state index is 12.4. The number of likely N-dealkylation sites (tertiary alicyclic amines) is 1. The third-order valence-electron chi connectivity index (χ3n) is 4.50. The Morgan fingerprint density at radius 3 is 2.42 bits per heavy atom. The van der Waals surface area contributed by atoms with Crippen LogP contribution in [-0.2, 0) is 9.59 Å². The maximum Gasteiger partial charge on any atom is 0.240 e. The average molecular weight is 267 g/mol. The quantitative estimate of drug-likeness (QED) is 0.796. The van der Waals surface area contributed by atoms with E-state index in [0.717, 1.165) is 38.5 Å². The summed E-state index contributed by atoms with van der Waals surface area (Å²) in [5.74, 6) is -0.379. The summed E-state index contributed by atoms with van der Waals surface area (Å²) in [6.45, 7) is 0.641. The van der Waals surface area contributed by atoms with Crippen molar-refractivity contribution in [1.82, 2.24) is 4.90 Å². The lowest BCUT2D eigenvalue weighted by atomic mass is 9.79. The third kappa shape index (κ3) is 3.47. The summed E-state index contributed by atoms with van der Waals surface area (Å²) in [4.78, 5) is 25.5. The molecule has 2 rings (SSSR count). The van der Waals surface area contributed by atoms with E-state index in [2.05, 4.69) is 0 Å². The first-order valence-corrected chi connectivity index (χ1v) is 7.39. The molecule has 2 aliphatic rings. The van der Waals surface area contributed by atoms with Gasteiger partial charge in [0.15, 0.2) is 0 Å². The Morgan fingerprint density at radius 2 is 1.79 bits per heavy atom. The van der Waals surface area contributed by atoms with Gasteiger partial charge in [0.1, 0.15) is 6.04 Å². The number of carbonyl (C=O) groups excluding carboxylic acids is 2. The van der Waals surface area contributed by atoms with Gasteiger partial charge >= 0.3 is 0 Å². The molecule has 0 spiro atoms. The van der Waals surface area contributed by atoms with Crippen LogP contribution in [0.5, 0.6) is 0 Å². The van der Waals surface area contributed by atoms with Crippen LogP contribution in [0.1, 0.15) is 57.8 Å². The van der Waals surface area contributed by atoms with Gasteiger partial charge in [-0.25, -0.2) is 0 Å². The second-order valence-electron chi connectivity index (χ2n) is 6.10. The van der Waals surface area contributed by atoms with Crippen LogP contribution in [0.3, 0.4) is 0 Å².